The Labute approximate surface area is 288 Å². The molecule has 0 bridgehead atoms. The van der Waals surface area contributed by atoms with Gasteiger partial charge in [-0.05, 0) is 88.3 Å². The van der Waals surface area contributed by atoms with Crippen molar-refractivity contribution in [1.29, 1.82) is 0 Å². The largest absolute Gasteiger partial charge is 0.489 e. The van der Waals surface area contributed by atoms with Gasteiger partial charge in [-0.1, -0.05) is 128 Å². The van der Waals surface area contributed by atoms with Crippen LogP contribution in [0.5, 0.6) is 17.2 Å². The highest BCUT2D eigenvalue weighted by molar-refractivity contribution is 7.69. The molecule has 242 valence electrons. The summed E-state index contributed by atoms with van der Waals surface area (Å²) in [7, 11) is -3.67. The second kappa shape index (κ2) is 13.5. The van der Waals surface area contributed by atoms with E-state index in [1.807, 2.05) is 159 Å². The lowest BCUT2D eigenvalue weighted by Crippen LogP contribution is -2.34. The number of hydrogen-bond acceptors (Lipinski definition) is 4. The minimum Gasteiger partial charge on any atom is -0.489 e. The van der Waals surface area contributed by atoms with Gasteiger partial charge in [0, 0.05) is 5.56 Å². The summed E-state index contributed by atoms with van der Waals surface area (Å²) in [6, 6.07) is 47.7. The first-order valence-electron chi connectivity index (χ1n) is 16.3. The zero-order valence-corrected chi connectivity index (χ0v) is 28.3. The van der Waals surface area contributed by atoms with E-state index >= 15 is 4.57 Å². The number of para-hydroxylation sites is 1. The van der Waals surface area contributed by atoms with Gasteiger partial charge in [-0.15, -0.1) is 0 Å². The number of fused-ring (bicyclic) bond motifs is 3. The van der Waals surface area contributed by atoms with Crippen LogP contribution in [0, 0.1) is 0 Å². The number of benzene rings is 6. The van der Waals surface area contributed by atoms with Crippen molar-refractivity contribution in [3.8, 4) is 28.4 Å². The molecule has 0 radical (unpaired) electrons. The molecule has 1 aliphatic heterocycles. The minimum absolute atomic E-state index is 0.421. The van der Waals surface area contributed by atoms with Gasteiger partial charge in [0.25, 0.3) is 7.37 Å². The van der Waals surface area contributed by atoms with Crippen LogP contribution in [0.25, 0.3) is 23.3 Å². The van der Waals surface area contributed by atoms with Crippen LogP contribution >= 0.6 is 7.37 Å². The van der Waals surface area contributed by atoms with Crippen molar-refractivity contribution < 1.29 is 18.6 Å². The van der Waals surface area contributed by atoms with Gasteiger partial charge < -0.3 is 14.0 Å². The predicted octanol–water partition coefficient (Wildman–Crippen LogP) is 11.1. The van der Waals surface area contributed by atoms with E-state index in [1.165, 1.54) is 0 Å². The SMILES string of the molecule is C=Cc1ccc(COc2ccc(C(C)(c3ccc(OCc4cccc(C=C)c4)cc3)P3(=O)Oc4ccccc4-c4ccccc43)cc2)cc1. The van der Waals surface area contributed by atoms with Gasteiger partial charge in [-0.3, -0.25) is 4.57 Å². The molecule has 0 saturated carbocycles. The van der Waals surface area contributed by atoms with Gasteiger partial charge >= 0.3 is 0 Å². The lowest BCUT2D eigenvalue weighted by molar-refractivity contribution is 0.306. The van der Waals surface area contributed by atoms with Crippen molar-refractivity contribution in [1.82, 2.24) is 0 Å². The first-order chi connectivity index (χ1) is 23.9. The molecule has 0 fully saturated rings. The highest BCUT2D eigenvalue weighted by atomic mass is 31.2. The van der Waals surface area contributed by atoms with Gasteiger partial charge in [0.2, 0.25) is 0 Å². The van der Waals surface area contributed by atoms with Gasteiger partial charge in [0.05, 0.1) is 5.30 Å². The Morgan fingerprint density at radius 1 is 0.612 bits per heavy atom. The molecule has 6 aromatic carbocycles. The molecule has 2 atom stereocenters. The minimum atomic E-state index is -3.67. The maximum absolute atomic E-state index is 15.8. The van der Waals surface area contributed by atoms with Crippen molar-refractivity contribution >= 4 is 24.8 Å². The van der Waals surface area contributed by atoms with Crippen LogP contribution in [0.4, 0.5) is 0 Å². The third-order valence-electron chi connectivity index (χ3n) is 9.26. The molecule has 0 aliphatic carbocycles. The molecule has 7 rings (SSSR count). The fourth-order valence-corrected chi connectivity index (χ4v) is 9.37. The van der Waals surface area contributed by atoms with E-state index in [4.69, 9.17) is 14.0 Å². The normalized spacial score (nSPS) is 15.9. The summed E-state index contributed by atoms with van der Waals surface area (Å²) in [6.45, 7) is 10.6. The monoisotopic (exact) mass is 660 g/mol. The van der Waals surface area contributed by atoms with E-state index in [0.717, 1.165) is 50.3 Å². The first-order valence-corrected chi connectivity index (χ1v) is 17.9. The Kier molecular flexibility index (Phi) is 8.82. The van der Waals surface area contributed by atoms with Crippen molar-refractivity contribution in [2.24, 2.45) is 0 Å². The molecule has 5 heteroatoms. The molecule has 0 aromatic heterocycles. The number of hydrogen-bond donors (Lipinski definition) is 0. The maximum atomic E-state index is 15.8. The van der Waals surface area contributed by atoms with Crippen molar-refractivity contribution in [3.63, 3.8) is 0 Å². The standard InChI is InChI=1S/C44H37O4P/c1-4-32-17-19-34(20-18-32)30-46-38-25-21-36(22-26-38)44(3,37-23-27-39(28-24-37)47-31-35-12-10-11-33(5-2)29-35)49(45)43-16-9-7-14-41(43)40-13-6-8-15-42(40)48-49/h4-29H,1-2,30-31H2,3H3. The lowest BCUT2D eigenvalue weighted by atomic mass is 9.92. The zero-order valence-electron chi connectivity index (χ0n) is 27.4. The smallest absolute Gasteiger partial charge is 0.292 e. The average molecular weight is 661 g/mol. The van der Waals surface area contributed by atoms with Crippen molar-refractivity contribution in [2.75, 3.05) is 0 Å². The van der Waals surface area contributed by atoms with E-state index in [1.54, 1.807) is 0 Å². The quantitative estimate of drug-likeness (QED) is 0.130. The molecule has 0 amide bonds. The van der Waals surface area contributed by atoms with Crippen molar-refractivity contribution in [3.05, 3.63) is 192 Å². The van der Waals surface area contributed by atoms with Gasteiger partial charge in [-0.25, -0.2) is 0 Å². The van der Waals surface area contributed by atoms with Crippen LogP contribution in [-0.2, 0) is 22.9 Å². The predicted molar refractivity (Wildman–Crippen MR) is 201 cm³/mol. The summed E-state index contributed by atoms with van der Waals surface area (Å²) in [5.41, 5.74) is 7.77. The van der Waals surface area contributed by atoms with E-state index < -0.39 is 12.5 Å². The molecule has 2 unspecified atom stereocenters. The summed E-state index contributed by atoms with van der Waals surface area (Å²) >= 11 is 0. The van der Waals surface area contributed by atoms with Gasteiger partial charge in [0.15, 0.2) is 0 Å². The lowest BCUT2D eigenvalue weighted by Gasteiger charge is -2.41. The highest BCUT2D eigenvalue weighted by Crippen LogP contribution is 2.69. The molecule has 4 nitrogen and oxygen atoms in total. The summed E-state index contributed by atoms with van der Waals surface area (Å²) < 4.78 is 34.9. The van der Waals surface area contributed by atoms with Crippen LogP contribution in [0.2, 0.25) is 0 Å². The van der Waals surface area contributed by atoms with E-state index in [-0.39, 0.29) is 0 Å². The Morgan fingerprint density at radius 3 is 1.82 bits per heavy atom. The maximum Gasteiger partial charge on any atom is 0.292 e. The van der Waals surface area contributed by atoms with Gasteiger partial charge in [0.1, 0.15) is 35.6 Å². The van der Waals surface area contributed by atoms with Crippen LogP contribution in [0.3, 0.4) is 0 Å². The summed E-state index contributed by atoms with van der Waals surface area (Å²) in [5, 5.41) is -0.367. The van der Waals surface area contributed by atoms with E-state index in [9.17, 15) is 0 Å². The fourth-order valence-electron chi connectivity index (χ4n) is 6.40. The van der Waals surface area contributed by atoms with E-state index in [0.29, 0.717) is 30.0 Å². The molecular formula is C44H37O4P. The Balaban J connectivity index is 1.25. The van der Waals surface area contributed by atoms with Crippen LogP contribution < -0.4 is 19.3 Å². The molecule has 0 saturated heterocycles. The summed E-state index contributed by atoms with van der Waals surface area (Å²) in [5.74, 6) is 2.05. The molecular weight excluding hydrogens is 623 g/mol. The zero-order chi connectivity index (χ0) is 33.8. The fraction of sp³-hybridized carbons (Fsp3) is 0.0909. The Morgan fingerprint density at radius 2 is 1.18 bits per heavy atom. The van der Waals surface area contributed by atoms with Crippen molar-refractivity contribution in [2.45, 2.75) is 25.3 Å². The molecule has 49 heavy (non-hydrogen) atoms. The van der Waals surface area contributed by atoms with E-state index in [2.05, 4.69) is 19.2 Å². The second-order valence-corrected chi connectivity index (χ2v) is 14.9. The van der Waals surface area contributed by atoms with Crippen LogP contribution in [0.1, 0.15) is 40.3 Å². The highest BCUT2D eigenvalue weighted by Gasteiger charge is 2.53. The Bertz CT molecular complexity index is 2170. The summed E-state index contributed by atoms with van der Waals surface area (Å²) in [4.78, 5) is 0. The summed E-state index contributed by atoms with van der Waals surface area (Å²) in [6.07, 6.45) is 3.65. The topological polar surface area (TPSA) is 44.8 Å². The molecule has 0 spiro atoms. The Hall–Kier alpha value is -5.57. The van der Waals surface area contributed by atoms with Crippen LogP contribution in [-0.4, -0.2) is 0 Å². The van der Waals surface area contributed by atoms with Crippen LogP contribution in [0.15, 0.2) is 159 Å². The second-order valence-electron chi connectivity index (χ2n) is 12.2. The number of ether oxygens (including phenoxy) is 2. The average Bonchev–Trinajstić information content (AvgIpc) is 3.16. The van der Waals surface area contributed by atoms with Gasteiger partial charge in [-0.2, -0.15) is 0 Å². The molecule has 6 aromatic rings. The molecule has 1 aliphatic rings. The third-order valence-corrected chi connectivity index (χ3v) is 12.4. The third kappa shape index (κ3) is 6.12. The molecule has 0 N–H and O–H groups in total. The number of rotatable bonds is 11. The molecule has 1 heterocycles. The first kappa shape index (κ1) is 32.0.